The van der Waals surface area contributed by atoms with E-state index in [1.807, 2.05) is 0 Å². The SMILES string of the molecule is CN1CCCN(CC(=O)c2ccco2)CC1. The van der Waals surface area contributed by atoms with Gasteiger partial charge in [-0.05, 0) is 38.7 Å². The second-order valence-corrected chi connectivity index (χ2v) is 4.33. The second kappa shape index (κ2) is 5.27. The highest BCUT2D eigenvalue weighted by molar-refractivity contribution is 5.94. The van der Waals surface area contributed by atoms with Crippen molar-refractivity contribution in [1.29, 1.82) is 0 Å². The number of ketones is 1. The molecule has 4 nitrogen and oxygen atoms in total. The van der Waals surface area contributed by atoms with Crippen molar-refractivity contribution in [3.05, 3.63) is 24.2 Å². The molecule has 0 radical (unpaired) electrons. The van der Waals surface area contributed by atoms with Gasteiger partial charge in [0.25, 0.3) is 0 Å². The molecule has 0 aromatic carbocycles. The first kappa shape index (κ1) is 11.4. The van der Waals surface area contributed by atoms with Crippen LogP contribution in [0.1, 0.15) is 17.0 Å². The topological polar surface area (TPSA) is 36.7 Å². The van der Waals surface area contributed by atoms with Crippen molar-refractivity contribution in [2.45, 2.75) is 6.42 Å². The lowest BCUT2D eigenvalue weighted by Gasteiger charge is -2.18. The van der Waals surface area contributed by atoms with E-state index in [9.17, 15) is 4.79 Å². The van der Waals surface area contributed by atoms with Gasteiger partial charge in [0, 0.05) is 13.1 Å². The highest BCUT2D eigenvalue weighted by Gasteiger charge is 2.17. The summed E-state index contributed by atoms with van der Waals surface area (Å²) >= 11 is 0. The maximum absolute atomic E-state index is 11.8. The van der Waals surface area contributed by atoms with Crippen molar-refractivity contribution in [2.24, 2.45) is 0 Å². The molecular weight excluding hydrogens is 204 g/mol. The molecule has 16 heavy (non-hydrogen) atoms. The van der Waals surface area contributed by atoms with Crippen molar-refractivity contribution in [2.75, 3.05) is 39.8 Å². The molecule has 0 amide bonds. The van der Waals surface area contributed by atoms with Crippen LogP contribution in [0.15, 0.2) is 22.8 Å². The molecule has 1 saturated heterocycles. The Bertz CT molecular complexity index is 335. The minimum absolute atomic E-state index is 0.0783. The van der Waals surface area contributed by atoms with Gasteiger partial charge in [0.05, 0.1) is 12.8 Å². The summed E-state index contributed by atoms with van der Waals surface area (Å²) in [6.07, 6.45) is 2.67. The predicted molar refractivity (Wildman–Crippen MR) is 61.6 cm³/mol. The van der Waals surface area contributed by atoms with Gasteiger partial charge in [-0.15, -0.1) is 0 Å². The van der Waals surface area contributed by atoms with E-state index in [4.69, 9.17) is 4.42 Å². The summed E-state index contributed by atoms with van der Waals surface area (Å²) in [7, 11) is 2.12. The highest BCUT2D eigenvalue weighted by atomic mass is 16.3. The molecule has 2 heterocycles. The molecule has 4 heteroatoms. The quantitative estimate of drug-likeness (QED) is 0.718. The molecule has 0 unspecified atom stereocenters. The van der Waals surface area contributed by atoms with Gasteiger partial charge < -0.3 is 9.32 Å². The van der Waals surface area contributed by atoms with Crippen molar-refractivity contribution in [1.82, 2.24) is 9.80 Å². The van der Waals surface area contributed by atoms with E-state index in [1.54, 1.807) is 18.4 Å². The van der Waals surface area contributed by atoms with Gasteiger partial charge in [-0.25, -0.2) is 0 Å². The van der Waals surface area contributed by atoms with Crippen molar-refractivity contribution >= 4 is 5.78 Å². The normalized spacial score (nSPS) is 19.6. The molecule has 88 valence electrons. The van der Waals surface area contributed by atoms with E-state index in [0.29, 0.717) is 12.3 Å². The number of carbonyl (C=O) groups excluding carboxylic acids is 1. The van der Waals surface area contributed by atoms with E-state index in [1.165, 1.54) is 0 Å². The zero-order chi connectivity index (χ0) is 11.4. The maximum Gasteiger partial charge on any atom is 0.211 e. The first-order valence-corrected chi connectivity index (χ1v) is 5.73. The molecule has 1 aromatic heterocycles. The summed E-state index contributed by atoms with van der Waals surface area (Å²) < 4.78 is 5.10. The average molecular weight is 222 g/mol. The Balaban J connectivity index is 1.87. The Morgan fingerprint density at radius 2 is 2.25 bits per heavy atom. The van der Waals surface area contributed by atoms with E-state index < -0.39 is 0 Å². The summed E-state index contributed by atoms with van der Waals surface area (Å²) in [5, 5.41) is 0. The van der Waals surface area contributed by atoms with Gasteiger partial charge in [-0.1, -0.05) is 0 Å². The van der Waals surface area contributed by atoms with Crippen LogP contribution in [-0.2, 0) is 0 Å². The number of carbonyl (C=O) groups is 1. The van der Waals surface area contributed by atoms with Crippen molar-refractivity contribution in [3.8, 4) is 0 Å². The lowest BCUT2D eigenvalue weighted by atomic mass is 10.2. The molecule has 0 aliphatic carbocycles. The summed E-state index contributed by atoms with van der Waals surface area (Å²) in [6.45, 7) is 4.58. The van der Waals surface area contributed by atoms with E-state index in [2.05, 4.69) is 16.8 Å². The van der Waals surface area contributed by atoms with E-state index >= 15 is 0 Å². The molecule has 1 aliphatic rings. The van der Waals surface area contributed by atoms with Crippen molar-refractivity contribution < 1.29 is 9.21 Å². The smallest absolute Gasteiger partial charge is 0.211 e. The number of rotatable bonds is 3. The summed E-state index contributed by atoms with van der Waals surface area (Å²) in [5.41, 5.74) is 0. The van der Waals surface area contributed by atoms with Crippen molar-refractivity contribution in [3.63, 3.8) is 0 Å². The number of furan rings is 1. The molecule has 0 atom stereocenters. The zero-order valence-electron chi connectivity index (χ0n) is 9.69. The minimum Gasteiger partial charge on any atom is -0.461 e. The predicted octanol–water partition coefficient (Wildman–Crippen LogP) is 1.10. The van der Waals surface area contributed by atoms with E-state index in [-0.39, 0.29) is 5.78 Å². The minimum atomic E-state index is 0.0783. The van der Waals surface area contributed by atoms with Crippen LogP contribution in [0, 0.1) is 0 Å². The van der Waals surface area contributed by atoms with E-state index in [0.717, 1.165) is 32.6 Å². The van der Waals surface area contributed by atoms with Gasteiger partial charge in [0.15, 0.2) is 5.76 Å². The third-order valence-corrected chi connectivity index (χ3v) is 2.98. The number of nitrogens with zero attached hydrogens (tertiary/aromatic N) is 2. The standard InChI is InChI=1S/C12H18N2O2/c1-13-5-3-6-14(8-7-13)10-11(15)12-4-2-9-16-12/h2,4,9H,3,5-8,10H2,1H3. The third kappa shape index (κ3) is 2.93. The fourth-order valence-corrected chi connectivity index (χ4v) is 1.98. The van der Waals surface area contributed by atoms with Gasteiger partial charge >= 0.3 is 0 Å². The first-order valence-electron chi connectivity index (χ1n) is 5.73. The zero-order valence-corrected chi connectivity index (χ0v) is 9.69. The van der Waals surface area contributed by atoms with Crippen LogP contribution in [0.25, 0.3) is 0 Å². The van der Waals surface area contributed by atoms with Crippen LogP contribution in [-0.4, -0.2) is 55.4 Å². The Hall–Kier alpha value is -1.13. The summed E-state index contributed by atoms with van der Waals surface area (Å²) in [6, 6.07) is 3.48. The van der Waals surface area contributed by atoms with Crippen LogP contribution in [0.4, 0.5) is 0 Å². The van der Waals surface area contributed by atoms with Gasteiger partial charge in [0.2, 0.25) is 5.78 Å². The largest absolute Gasteiger partial charge is 0.461 e. The molecule has 1 aliphatic heterocycles. The van der Waals surface area contributed by atoms with Crippen LogP contribution in [0.3, 0.4) is 0 Å². The van der Waals surface area contributed by atoms with Crippen LogP contribution in [0.5, 0.6) is 0 Å². The summed E-state index contributed by atoms with van der Waals surface area (Å²) in [5.74, 6) is 0.548. The molecule has 1 aromatic rings. The first-order chi connectivity index (χ1) is 7.75. The Kier molecular flexibility index (Phi) is 3.74. The number of hydrogen-bond donors (Lipinski definition) is 0. The fourth-order valence-electron chi connectivity index (χ4n) is 1.98. The molecule has 0 spiro atoms. The van der Waals surface area contributed by atoms with Crippen LogP contribution in [0.2, 0.25) is 0 Å². The molecule has 0 N–H and O–H groups in total. The molecular formula is C12H18N2O2. The average Bonchev–Trinajstić information content (AvgIpc) is 2.72. The molecule has 1 fully saturated rings. The van der Waals surface area contributed by atoms with Gasteiger partial charge in [0.1, 0.15) is 0 Å². The Morgan fingerprint density at radius 3 is 3.00 bits per heavy atom. The number of hydrogen-bond acceptors (Lipinski definition) is 4. The number of Topliss-reactive ketones (excluding diaryl/α,β-unsaturated/α-hetero) is 1. The Labute approximate surface area is 95.8 Å². The monoisotopic (exact) mass is 222 g/mol. The van der Waals surface area contributed by atoms with Crippen LogP contribution >= 0.6 is 0 Å². The van der Waals surface area contributed by atoms with Gasteiger partial charge in [-0.2, -0.15) is 0 Å². The lowest BCUT2D eigenvalue weighted by Crippen LogP contribution is -2.33. The third-order valence-electron chi connectivity index (χ3n) is 2.98. The lowest BCUT2D eigenvalue weighted by molar-refractivity contribution is 0.0906. The highest BCUT2D eigenvalue weighted by Crippen LogP contribution is 2.05. The molecule has 0 bridgehead atoms. The van der Waals surface area contributed by atoms with Gasteiger partial charge in [-0.3, -0.25) is 9.69 Å². The Morgan fingerprint density at radius 1 is 1.38 bits per heavy atom. The van der Waals surface area contributed by atoms with Crippen LogP contribution < -0.4 is 0 Å². The fraction of sp³-hybridized carbons (Fsp3) is 0.583. The molecule has 2 rings (SSSR count). The second-order valence-electron chi connectivity index (χ2n) is 4.33. The maximum atomic E-state index is 11.8. The number of likely N-dealkylation sites (N-methyl/N-ethyl adjacent to an activating group) is 1. The molecule has 0 saturated carbocycles. The summed E-state index contributed by atoms with van der Waals surface area (Å²) in [4.78, 5) is 16.3.